The third-order valence-corrected chi connectivity index (χ3v) is 3.16. The van der Waals surface area contributed by atoms with E-state index in [1.165, 1.54) is 4.90 Å². The Morgan fingerprint density at radius 3 is 2.59 bits per heavy atom. The molecule has 0 spiro atoms. The number of carbonyl (C=O) groups excluding carboxylic acids is 2. The lowest BCUT2D eigenvalue weighted by molar-refractivity contribution is -0.126. The minimum atomic E-state index is -0.809. The topological polar surface area (TPSA) is 75.2 Å². The van der Waals surface area contributed by atoms with Crippen molar-refractivity contribution in [2.45, 2.75) is 32.4 Å². The minimum Gasteiger partial charge on any atom is -0.302 e. The lowest BCUT2D eigenvalue weighted by Gasteiger charge is -2.29. The minimum absolute atomic E-state index is 0.239. The van der Waals surface area contributed by atoms with Crippen molar-refractivity contribution in [1.82, 2.24) is 20.2 Å². The zero-order valence-electron chi connectivity index (χ0n) is 9.80. The molecule has 90 valence electrons. The van der Waals surface area contributed by atoms with Gasteiger partial charge in [0.2, 0.25) is 0 Å². The molecule has 0 aliphatic carbocycles. The van der Waals surface area contributed by atoms with E-state index in [1.54, 1.807) is 25.4 Å². The van der Waals surface area contributed by atoms with Gasteiger partial charge in [0.1, 0.15) is 11.4 Å². The molecule has 1 unspecified atom stereocenters. The van der Waals surface area contributed by atoms with Crippen LogP contribution in [-0.4, -0.2) is 32.3 Å². The van der Waals surface area contributed by atoms with Crippen molar-refractivity contribution in [1.29, 1.82) is 0 Å². The number of amides is 3. The summed E-state index contributed by atoms with van der Waals surface area (Å²) in [7, 11) is 0. The second kappa shape index (κ2) is 4.12. The average molecular weight is 234 g/mol. The number of urea groups is 1. The fourth-order valence-electron chi connectivity index (χ4n) is 1.80. The Balaban J connectivity index is 2.25. The van der Waals surface area contributed by atoms with E-state index in [0.29, 0.717) is 12.2 Å². The Hall–Kier alpha value is -1.98. The molecule has 6 heteroatoms. The molecule has 1 N–H and O–H groups in total. The second-order valence-electron chi connectivity index (χ2n) is 4.14. The van der Waals surface area contributed by atoms with E-state index in [0.717, 1.165) is 0 Å². The molecule has 1 aliphatic heterocycles. The molecule has 1 fully saturated rings. The van der Waals surface area contributed by atoms with Crippen molar-refractivity contribution < 1.29 is 9.59 Å². The predicted octanol–water partition coefficient (Wildman–Crippen LogP) is 0.697. The normalized spacial score (nSPS) is 24.0. The molecule has 0 bridgehead atoms. The molecule has 2 rings (SSSR count). The monoisotopic (exact) mass is 234 g/mol. The van der Waals surface area contributed by atoms with Crippen molar-refractivity contribution >= 4 is 11.9 Å². The standard InChI is InChI=1S/C11H14N4O2/c1-3-11(2)9(16)14-10(17)15(11)7-8-12-5-4-6-13-8/h4-6H,3,7H2,1-2H3,(H,14,16,17). The molecule has 1 aromatic rings. The van der Waals surface area contributed by atoms with Gasteiger partial charge >= 0.3 is 6.03 Å². The summed E-state index contributed by atoms with van der Waals surface area (Å²) in [5, 5.41) is 2.32. The first kappa shape index (κ1) is 11.5. The Bertz CT molecular complexity index is 448. The summed E-state index contributed by atoms with van der Waals surface area (Å²) in [6.07, 6.45) is 3.78. The van der Waals surface area contributed by atoms with E-state index < -0.39 is 5.54 Å². The molecule has 1 aromatic heterocycles. The summed E-state index contributed by atoms with van der Waals surface area (Å²) in [6.45, 7) is 3.86. The summed E-state index contributed by atoms with van der Waals surface area (Å²) in [5.74, 6) is 0.262. The van der Waals surface area contributed by atoms with Crippen LogP contribution in [0, 0.1) is 0 Å². The molecule has 0 radical (unpaired) electrons. The number of hydrogen-bond acceptors (Lipinski definition) is 4. The van der Waals surface area contributed by atoms with Gasteiger partial charge in [-0.05, 0) is 19.4 Å². The lowest BCUT2D eigenvalue weighted by Crippen LogP contribution is -2.46. The Morgan fingerprint density at radius 1 is 1.35 bits per heavy atom. The average Bonchev–Trinajstić information content (AvgIpc) is 2.55. The van der Waals surface area contributed by atoms with Gasteiger partial charge in [-0.2, -0.15) is 0 Å². The maximum Gasteiger partial charge on any atom is 0.325 e. The van der Waals surface area contributed by atoms with E-state index in [1.807, 2.05) is 6.92 Å². The number of aromatic nitrogens is 2. The quantitative estimate of drug-likeness (QED) is 0.781. The van der Waals surface area contributed by atoms with Gasteiger partial charge in [-0.3, -0.25) is 10.1 Å². The van der Waals surface area contributed by atoms with Gasteiger partial charge in [0.05, 0.1) is 6.54 Å². The van der Waals surface area contributed by atoms with Crippen LogP contribution in [0.4, 0.5) is 4.79 Å². The van der Waals surface area contributed by atoms with Crippen LogP contribution in [0.5, 0.6) is 0 Å². The highest BCUT2D eigenvalue weighted by Gasteiger charge is 2.47. The van der Waals surface area contributed by atoms with Crippen molar-refractivity contribution in [3.05, 3.63) is 24.3 Å². The van der Waals surface area contributed by atoms with E-state index in [-0.39, 0.29) is 18.5 Å². The highest BCUT2D eigenvalue weighted by Crippen LogP contribution is 2.26. The third kappa shape index (κ3) is 1.86. The number of hydrogen-bond donors (Lipinski definition) is 1. The van der Waals surface area contributed by atoms with Gasteiger partial charge < -0.3 is 4.90 Å². The van der Waals surface area contributed by atoms with Gasteiger partial charge in [-0.15, -0.1) is 0 Å². The summed E-state index contributed by atoms with van der Waals surface area (Å²) in [6, 6.07) is 1.32. The van der Waals surface area contributed by atoms with Crippen LogP contribution in [0.1, 0.15) is 26.1 Å². The fourth-order valence-corrected chi connectivity index (χ4v) is 1.80. The first-order valence-corrected chi connectivity index (χ1v) is 5.47. The van der Waals surface area contributed by atoms with Crippen LogP contribution in [0.2, 0.25) is 0 Å². The molecular formula is C11H14N4O2. The van der Waals surface area contributed by atoms with Crippen molar-refractivity contribution in [2.24, 2.45) is 0 Å². The SMILES string of the molecule is CCC1(C)C(=O)NC(=O)N1Cc1ncccn1. The van der Waals surface area contributed by atoms with E-state index in [2.05, 4.69) is 15.3 Å². The van der Waals surface area contributed by atoms with Gasteiger partial charge in [0, 0.05) is 12.4 Å². The Kier molecular flexibility index (Phi) is 2.79. The maximum atomic E-state index is 11.7. The molecule has 6 nitrogen and oxygen atoms in total. The molecule has 0 aromatic carbocycles. The van der Waals surface area contributed by atoms with Gasteiger partial charge in [-0.25, -0.2) is 14.8 Å². The van der Waals surface area contributed by atoms with Crippen molar-refractivity contribution in [3.8, 4) is 0 Å². The van der Waals surface area contributed by atoms with Crippen LogP contribution in [0.25, 0.3) is 0 Å². The van der Waals surface area contributed by atoms with Crippen LogP contribution in [0.3, 0.4) is 0 Å². The summed E-state index contributed by atoms with van der Waals surface area (Å²) < 4.78 is 0. The number of carbonyl (C=O) groups is 2. The first-order chi connectivity index (χ1) is 8.08. The molecule has 17 heavy (non-hydrogen) atoms. The summed E-state index contributed by atoms with van der Waals surface area (Å²) in [5.41, 5.74) is -0.809. The Morgan fingerprint density at radius 2 is 2.00 bits per heavy atom. The molecule has 2 heterocycles. The summed E-state index contributed by atoms with van der Waals surface area (Å²) >= 11 is 0. The number of nitrogens with zero attached hydrogens (tertiary/aromatic N) is 3. The summed E-state index contributed by atoms with van der Waals surface area (Å²) in [4.78, 5) is 33.0. The zero-order chi connectivity index (χ0) is 12.5. The molecule has 1 aliphatic rings. The number of nitrogens with one attached hydrogen (secondary N) is 1. The predicted molar refractivity (Wildman–Crippen MR) is 59.8 cm³/mol. The number of rotatable bonds is 3. The molecule has 1 saturated heterocycles. The van der Waals surface area contributed by atoms with Gasteiger partial charge in [0.15, 0.2) is 0 Å². The maximum absolute atomic E-state index is 11.7. The molecule has 1 atom stereocenters. The van der Waals surface area contributed by atoms with E-state index >= 15 is 0 Å². The number of imide groups is 1. The van der Waals surface area contributed by atoms with Crippen molar-refractivity contribution in [3.63, 3.8) is 0 Å². The molecule has 3 amide bonds. The third-order valence-electron chi connectivity index (χ3n) is 3.16. The fraction of sp³-hybridized carbons (Fsp3) is 0.455. The van der Waals surface area contributed by atoms with Crippen molar-refractivity contribution in [2.75, 3.05) is 0 Å². The highest BCUT2D eigenvalue weighted by atomic mass is 16.2. The zero-order valence-corrected chi connectivity index (χ0v) is 9.80. The first-order valence-electron chi connectivity index (χ1n) is 5.47. The van der Waals surface area contributed by atoms with E-state index in [9.17, 15) is 9.59 Å². The smallest absolute Gasteiger partial charge is 0.302 e. The molecular weight excluding hydrogens is 220 g/mol. The largest absolute Gasteiger partial charge is 0.325 e. The lowest BCUT2D eigenvalue weighted by atomic mass is 9.97. The van der Waals surface area contributed by atoms with E-state index in [4.69, 9.17) is 0 Å². The Labute approximate surface area is 99.1 Å². The van der Waals surface area contributed by atoms with Gasteiger partial charge in [-0.1, -0.05) is 6.92 Å². The van der Waals surface area contributed by atoms with Crippen LogP contribution in [0.15, 0.2) is 18.5 Å². The van der Waals surface area contributed by atoms with Gasteiger partial charge in [0.25, 0.3) is 5.91 Å². The highest BCUT2D eigenvalue weighted by molar-refractivity contribution is 6.06. The van der Waals surface area contributed by atoms with Crippen LogP contribution >= 0.6 is 0 Å². The molecule has 0 saturated carbocycles. The van der Waals surface area contributed by atoms with Crippen LogP contribution in [-0.2, 0) is 11.3 Å². The van der Waals surface area contributed by atoms with Crippen LogP contribution < -0.4 is 5.32 Å². The second-order valence-corrected chi connectivity index (χ2v) is 4.14.